The Morgan fingerprint density at radius 3 is 2.33 bits per heavy atom. The van der Waals surface area contributed by atoms with Crippen molar-refractivity contribution in [2.75, 3.05) is 18.0 Å². The van der Waals surface area contributed by atoms with E-state index in [0.29, 0.717) is 0 Å². The Bertz CT molecular complexity index is 1180. The van der Waals surface area contributed by atoms with Gasteiger partial charge in [-0.1, -0.05) is 35.9 Å². The van der Waals surface area contributed by atoms with Gasteiger partial charge in [0.05, 0.1) is 22.8 Å². The summed E-state index contributed by atoms with van der Waals surface area (Å²) < 4.78 is 2.13. The van der Waals surface area contributed by atoms with Crippen molar-refractivity contribution < 1.29 is 5.11 Å². The number of rotatable bonds is 3. The lowest BCUT2D eigenvalue weighted by molar-refractivity contribution is 0.145. The molecule has 6 heteroatoms. The second-order valence-electron chi connectivity index (χ2n) is 7.83. The van der Waals surface area contributed by atoms with E-state index in [1.165, 1.54) is 0 Å². The van der Waals surface area contributed by atoms with E-state index in [9.17, 15) is 5.11 Å². The number of pyridine rings is 1. The molecule has 152 valence electrons. The van der Waals surface area contributed by atoms with Crippen LogP contribution in [0, 0.1) is 0 Å². The molecule has 0 atom stereocenters. The Labute approximate surface area is 180 Å². The van der Waals surface area contributed by atoms with Gasteiger partial charge in [-0.15, -0.1) is 0 Å². The zero-order valence-electron chi connectivity index (χ0n) is 16.8. The highest BCUT2D eigenvalue weighted by molar-refractivity contribution is 6.30. The number of hydrogen-bond donors (Lipinski definition) is 1. The highest BCUT2D eigenvalue weighted by Gasteiger charge is 2.21. The fourth-order valence-corrected chi connectivity index (χ4v) is 4.20. The molecule has 5 nitrogen and oxygen atoms in total. The minimum Gasteiger partial charge on any atom is -0.393 e. The normalized spacial score (nSPS) is 15.1. The number of halogens is 1. The monoisotopic (exact) mass is 418 g/mol. The van der Waals surface area contributed by atoms with Gasteiger partial charge < -0.3 is 14.6 Å². The lowest BCUT2D eigenvalue weighted by atomic mass is 10.1. The maximum Gasteiger partial charge on any atom is 0.206 e. The fourth-order valence-electron chi connectivity index (χ4n) is 4.07. The summed E-state index contributed by atoms with van der Waals surface area (Å²) in [6, 6.07) is 18.2. The topological polar surface area (TPSA) is 54.2 Å². The van der Waals surface area contributed by atoms with Gasteiger partial charge in [0.1, 0.15) is 0 Å². The van der Waals surface area contributed by atoms with Crippen LogP contribution in [0.25, 0.3) is 33.4 Å². The minimum absolute atomic E-state index is 0.190. The molecule has 3 heterocycles. The molecule has 0 saturated carbocycles. The zero-order chi connectivity index (χ0) is 20.7. The first-order valence-corrected chi connectivity index (χ1v) is 10.6. The SMILES string of the molecule is Cn1c(N2CCC(O)CC2)nc2cc(-c3ccc(-c4ccc(Cl)cc4)cn3)ccc21. The van der Waals surface area contributed by atoms with Crippen LogP contribution in [0.1, 0.15) is 12.8 Å². The van der Waals surface area contributed by atoms with Crippen molar-refractivity contribution in [1.29, 1.82) is 0 Å². The molecule has 2 aromatic heterocycles. The van der Waals surface area contributed by atoms with Gasteiger partial charge in [-0.05, 0) is 48.7 Å². The van der Waals surface area contributed by atoms with E-state index in [0.717, 1.165) is 70.3 Å². The van der Waals surface area contributed by atoms with Gasteiger partial charge in [0.2, 0.25) is 5.95 Å². The van der Waals surface area contributed by atoms with Gasteiger partial charge >= 0.3 is 0 Å². The molecule has 0 spiro atoms. The van der Waals surface area contributed by atoms with Gasteiger partial charge in [-0.25, -0.2) is 4.98 Å². The predicted molar refractivity (Wildman–Crippen MR) is 122 cm³/mol. The van der Waals surface area contributed by atoms with Gasteiger partial charge in [-0.3, -0.25) is 4.98 Å². The van der Waals surface area contributed by atoms with Crippen LogP contribution in [0.2, 0.25) is 5.02 Å². The number of nitrogens with zero attached hydrogens (tertiary/aromatic N) is 4. The van der Waals surface area contributed by atoms with Crippen molar-refractivity contribution in [1.82, 2.24) is 14.5 Å². The summed E-state index contributed by atoms with van der Waals surface area (Å²) in [7, 11) is 2.05. The quantitative estimate of drug-likeness (QED) is 0.513. The Morgan fingerprint density at radius 1 is 0.933 bits per heavy atom. The van der Waals surface area contributed by atoms with Crippen molar-refractivity contribution in [2.45, 2.75) is 18.9 Å². The summed E-state index contributed by atoms with van der Waals surface area (Å²) >= 11 is 5.98. The van der Waals surface area contributed by atoms with Crippen molar-refractivity contribution in [2.24, 2.45) is 7.05 Å². The first-order chi connectivity index (χ1) is 14.6. The maximum atomic E-state index is 9.78. The van der Waals surface area contributed by atoms with E-state index < -0.39 is 0 Å². The third-order valence-corrected chi connectivity index (χ3v) is 6.09. The van der Waals surface area contributed by atoms with E-state index in [1.807, 2.05) is 36.5 Å². The molecule has 0 radical (unpaired) electrons. The molecule has 0 aliphatic carbocycles. The minimum atomic E-state index is -0.190. The van der Waals surface area contributed by atoms with Crippen molar-refractivity contribution >= 4 is 28.6 Å². The molecule has 30 heavy (non-hydrogen) atoms. The van der Waals surface area contributed by atoms with Crippen molar-refractivity contribution in [3.63, 3.8) is 0 Å². The van der Waals surface area contributed by atoms with E-state index in [1.54, 1.807) is 0 Å². The van der Waals surface area contributed by atoms with E-state index in [4.69, 9.17) is 16.6 Å². The van der Waals surface area contributed by atoms with Gasteiger partial charge in [0.15, 0.2) is 0 Å². The molecule has 1 aliphatic rings. The first kappa shape index (κ1) is 19.1. The van der Waals surface area contributed by atoms with E-state index >= 15 is 0 Å². The summed E-state index contributed by atoms with van der Waals surface area (Å²) in [5.41, 5.74) is 6.17. The molecule has 5 rings (SSSR count). The molecular weight excluding hydrogens is 396 g/mol. The van der Waals surface area contributed by atoms with Gasteiger partial charge in [-0.2, -0.15) is 0 Å². The second kappa shape index (κ2) is 7.74. The lowest BCUT2D eigenvalue weighted by Gasteiger charge is -2.30. The molecule has 4 aromatic rings. The van der Waals surface area contributed by atoms with Crippen LogP contribution in [0.5, 0.6) is 0 Å². The predicted octanol–water partition coefficient (Wildman–Crippen LogP) is 4.92. The number of aryl methyl sites for hydroxylation is 1. The van der Waals surface area contributed by atoms with Crippen LogP contribution in [0.4, 0.5) is 5.95 Å². The van der Waals surface area contributed by atoms with Crippen LogP contribution in [-0.2, 0) is 7.05 Å². The smallest absolute Gasteiger partial charge is 0.206 e. The van der Waals surface area contributed by atoms with E-state index in [2.05, 4.69) is 45.8 Å². The summed E-state index contributed by atoms with van der Waals surface area (Å²) in [4.78, 5) is 11.8. The third-order valence-electron chi connectivity index (χ3n) is 5.84. The summed E-state index contributed by atoms with van der Waals surface area (Å²) in [5, 5.41) is 10.5. The average molecular weight is 419 g/mol. The van der Waals surface area contributed by atoms with Crippen LogP contribution in [-0.4, -0.2) is 38.8 Å². The number of hydrogen-bond acceptors (Lipinski definition) is 4. The van der Waals surface area contributed by atoms with Gasteiger partial charge in [0.25, 0.3) is 0 Å². The molecule has 0 bridgehead atoms. The van der Waals surface area contributed by atoms with Crippen molar-refractivity contribution in [3.05, 3.63) is 65.8 Å². The Kier molecular flexibility index (Phi) is 4.93. The summed E-state index contributed by atoms with van der Waals surface area (Å²) in [5.74, 6) is 0.958. The first-order valence-electron chi connectivity index (χ1n) is 10.2. The van der Waals surface area contributed by atoms with E-state index in [-0.39, 0.29) is 6.10 Å². The molecule has 0 amide bonds. The fraction of sp³-hybridized carbons (Fsp3) is 0.250. The van der Waals surface area contributed by atoms with Crippen LogP contribution >= 0.6 is 11.6 Å². The second-order valence-corrected chi connectivity index (χ2v) is 8.27. The van der Waals surface area contributed by atoms with Crippen LogP contribution in [0.3, 0.4) is 0 Å². The highest BCUT2D eigenvalue weighted by Crippen LogP contribution is 2.29. The standard InChI is InChI=1S/C24H23ClN4O/c1-28-23-9-5-17(14-22(23)27-24(28)29-12-10-20(30)11-13-29)21-8-4-18(15-26-21)16-2-6-19(25)7-3-16/h2-9,14-15,20,30H,10-13H2,1H3. The maximum absolute atomic E-state index is 9.78. The summed E-state index contributed by atoms with van der Waals surface area (Å²) in [6.45, 7) is 1.66. The molecule has 0 unspecified atom stereocenters. The average Bonchev–Trinajstić information content (AvgIpc) is 3.11. The lowest BCUT2D eigenvalue weighted by Crippen LogP contribution is -2.37. The van der Waals surface area contributed by atoms with Crippen molar-refractivity contribution in [3.8, 4) is 22.4 Å². The number of piperidine rings is 1. The number of aliphatic hydroxyl groups excluding tert-OH is 1. The van der Waals surface area contributed by atoms with Crippen LogP contribution < -0.4 is 4.90 Å². The van der Waals surface area contributed by atoms with Gasteiger partial charge in [0, 0.05) is 42.5 Å². The number of anilines is 1. The molecule has 1 N–H and O–H groups in total. The molecular formula is C24H23ClN4O. The third kappa shape index (κ3) is 3.55. The molecule has 2 aromatic carbocycles. The molecule has 1 saturated heterocycles. The Hall–Kier alpha value is -2.89. The molecule has 1 fully saturated rings. The molecule has 1 aliphatic heterocycles. The number of imidazole rings is 1. The Morgan fingerprint density at radius 2 is 1.63 bits per heavy atom. The largest absolute Gasteiger partial charge is 0.393 e. The van der Waals surface area contributed by atoms with Crippen LogP contribution in [0.15, 0.2) is 60.8 Å². The zero-order valence-corrected chi connectivity index (χ0v) is 17.5. The number of fused-ring (bicyclic) bond motifs is 1. The highest BCUT2D eigenvalue weighted by atomic mass is 35.5. The summed E-state index contributed by atoms with van der Waals surface area (Å²) in [6.07, 6.45) is 3.28. The number of aliphatic hydroxyl groups is 1. The number of benzene rings is 2. The Balaban J connectivity index is 1.44. The number of aromatic nitrogens is 3.